The number of aromatic nitrogens is 2. The van der Waals surface area contributed by atoms with Gasteiger partial charge in [0.05, 0.1) is 0 Å². The minimum atomic E-state index is -0.492. The molecule has 100 valence electrons. The molecular formula is C12H20N4OS. The monoisotopic (exact) mass is 268 g/mol. The van der Waals surface area contributed by atoms with Gasteiger partial charge in [-0.3, -0.25) is 4.79 Å². The van der Waals surface area contributed by atoms with Gasteiger partial charge in [0.25, 0.3) is 5.91 Å². The third kappa shape index (κ3) is 3.05. The molecule has 1 aliphatic heterocycles. The topological polar surface area (TPSA) is 72.1 Å². The Labute approximate surface area is 111 Å². The minimum absolute atomic E-state index is 0.0477. The third-order valence-electron chi connectivity index (χ3n) is 3.47. The molecule has 1 amide bonds. The molecule has 2 N–H and O–H groups in total. The van der Waals surface area contributed by atoms with Gasteiger partial charge >= 0.3 is 0 Å². The van der Waals surface area contributed by atoms with Crippen LogP contribution < -0.4 is 5.73 Å². The molecule has 0 radical (unpaired) electrons. The normalized spacial score (nSPS) is 17.2. The number of nitrogens with zero attached hydrogens (tertiary/aromatic N) is 3. The van der Waals surface area contributed by atoms with Crippen LogP contribution in [0.15, 0.2) is 0 Å². The molecule has 2 heterocycles. The van der Waals surface area contributed by atoms with Crippen LogP contribution in [0.1, 0.15) is 47.9 Å². The molecule has 0 aliphatic carbocycles. The van der Waals surface area contributed by atoms with Crippen LogP contribution in [0.4, 0.5) is 0 Å². The molecule has 5 nitrogen and oxygen atoms in total. The lowest BCUT2D eigenvalue weighted by Gasteiger charge is -2.24. The molecule has 1 aliphatic rings. The van der Waals surface area contributed by atoms with Crippen molar-refractivity contribution in [3.8, 4) is 0 Å². The van der Waals surface area contributed by atoms with E-state index < -0.39 is 5.91 Å². The van der Waals surface area contributed by atoms with E-state index >= 15 is 0 Å². The van der Waals surface area contributed by atoms with Gasteiger partial charge in [-0.05, 0) is 38.9 Å². The van der Waals surface area contributed by atoms with Crippen molar-refractivity contribution in [2.24, 2.45) is 5.73 Å². The summed E-state index contributed by atoms with van der Waals surface area (Å²) in [7, 11) is 0. The van der Waals surface area contributed by atoms with Crippen molar-refractivity contribution in [3.05, 3.63) is 10.0 Å². The Balaban J connectivity index is 1.97. The van der Waals surface area contributed by atoms with Crippen LogP contribution in [0.3, 0.4) is 0 Å². The highest BCUT2D eigenvalue weighted by molar-refractivity contribution is 7.13. The number of carbonyl (C=O) groups is 1. The molecule has 6 heteroatoms. The summed E-state index contributed by atoms with van der Waals surface area (Å²) in [6.45, 7) is 7.79. The summed E-state index contributed by atoms with van der Waals surface area (Å²) in [6.07, 6.45) is 3.65. The second-order valence-electron chi connectivity index (χ2n) is 5.46. The quantitative estimate of drug-likeness (QED) is 0.876. The second-order valence-corrected chi connectivity index (χ2v) is 6.44. The van der Waals surface area contributed by atoms with Crippen LogP contribution >= 0.6 is 11.3 Å². The van der Waals surface area contributed by atoms with Crippen LogP contribution in [0, 0.1) is 0 Å². The second kappa shape index (κ2) is 5.32. The molecule has 1 aromatic heterocycles. The lowest BCUT2D eigenvalue weighted by Crippen LogP contribution is -2.27. The average Bonchev–Trinajstić information content (AvgIpc) is 2.98. The highest BCUT2D eigenvalue weighted by Crippen LogP contribution is 2.30. The zero-order valence-electron chi connectivity index (χ0n) is 11.0. The molecule has 0 saturated carbocycles. The fourth-order valence-corrected chi connectivity index (χ4v) is 2.97. The molecule has 1 fully saturated rings. The number of nitrogens with two attached hydrogens (primary N) is 1. The Morgan fingerprint density at radius 1 is 1.39 bits per heavy atom. The molecule has 2 rings (SSSR count). The van der Waals surface area contributed by atoms with E-state index in [1.807, 2.05) is 0 Å². The highest BCUT2D eigenvalue weighted by Gasteiger charge is 2.27. The number of primary amides is 1. The van der Waals surface area contributed by atoms with Crippen molar-refractivity contribution in [1.29, 1.82) is 0 Å². The van der Waals surface area contributed by atoms with Gasteiger partial charge in [-0.25, -0.2) is 0 Å². The van der Waals surface area contributed by atoms with E-state index in [4.69, 9.17) is 5.73 Å². The predicted octanol–water partition coefficient (Wildman–Crippen LogP) is 1.40. The molecular weight excluding hydrogens is 248 g/mol. The largest absolute Gasteiger partial charge is 0.363 e. The van der Waals surface area contributed by atoms with Crippen molar-refractivity contribution in [1.82, 2.24) is 15.1 Å². The fourth-order valence-electron chi connectivity index (χ4n) is 2.15. The summed E-state index contributed by atoms with van der Waals surface area (Å²) >= 11 is 1.32. The molecule has 0 spiro atoms. The predicted molar refractivity (Wildman–Crippen MR) is 71.7 cm³/mol. The van der Waals surface area contributed by atoms with Gasteiger partial charge in [-0.2, -0.15) is 0 Å². The molecule has 0 atom stereocenters. The van der Waals surface area contributed by atoms with Gasteiger partial charge in [0.15, 0.2) is 0 Å². The van der Waals surface area contributed by atoms with Gasteiger partial charge in [-0.15, -0.1) is 10.2 Å². The van der Waals surface area contributed by atoms with Gasteiger partial charge in [0.2, 0.25) is 5.01 Å². The SMILES string of the molecule is CC(C)(CCN1CCCC1)c1nnc(C(N)=O)s1. The lowest BCUT2D eigenvalue weighted by atomic mass is 9.90. The summed E-state index contributed by atoms with van der Waals surface area (Å²) in [6, 6.07) is 0. The number of hydrogen-bond donors (Lipinski definition) is 1. The van der Waals surface area contributed by atoms with Crippen molar-refractivity contribution in [2.75, 3.05) is 19.6 Å². The first-order valence-corrected chi connectivity index (χ1v) is 7.17. The van der Waals surface area contributed by atoms with Crippen LogP contribution in [-0.4, -0.2) is 40.6 Å². The molecule has 0 aromatic carbocycles. The average molecular weight is 268 g/mol. The van der Waals surface area contributed by atoms with E-state index in [0.717, 1.165) is 18.0 Å². The van der Waals surface area contributed by atoms with Gasteiger partial charge in [0, 0.05) is 5.41 Å². The molecule has 0 unspecified atom stereocenters. The van der Waals surface area contributed by atoms with Crippen LogP contribution in [0.2, 0.25) is 0 Å². The van der Waals surface area contributed by atoms with Crippen molar-refractivity contribution in [3.63, 3.8) is 0 Å². The van der Waals surface area contributed by atoms with Crippen LogP contribution in [-0.2, 0) is 5.41 Å². The Morgan fingerprint density at radius 3 is 2.61 bits per heavy atom. The maximum Gasteiger partial charge on any atom is 0.279 e. The summed E-state index contributed by atoms with van der Waals surface area (Å²) < 4.78 is 0. The van der Waals surface area contributed by atoms with E-state index in [1.54, 1.807) is 0 Å². The molecule has 1 saturated heterocycles. The third-order valence-corrected chi connectivity index (χ3v) is 4.77. The number of rotatable bonds is 5. The maximum atomic E-state index is 11.0. The lowest BCUT2D eigenvalue weighted by molar-refractivity contribution is 0.0999. The summed E-state index contributed by atoms with van der Waals surface area (Å²) in [5.74, 6) is -0.492. The molecule has 1 aromatic rings. The maximum absolute atomic E-state index is 11.0. The Hall–Kier alpha value is -1.01. The van der Waals surface area contributed by atoms with Crippen molar-refractivity contribution >= 4 is 17.2 Å². The van der Waals surface area contributed by atoms with E-state index in [2.05, 4.69) is 28.9 Å². The zero-order valence-corrected chi connectivity index (χ0v) is 11.8. The summed E-state index contributed by atoms with van der Waals surface area (Å²) in [4.78, 5) is 13.5. The van der Waals surface area contributed by atoms with Gasteiger partial charge < -0.3 is 10.6 Å². The Kier molecular flexibility index (Phi) is 3.97. The van der Waals surface area contributed by atoms with Gasteiger partial charge in [-0.1, -0.05) is 25.2 Å². The fraction of sp³-hybridized carbons (Fsp3) is 0.750. The minimum Gasteiger partial charge on any atom is -0.363 e. The highest BCUT2D eigenvalue weighted by atomic mass is 32.1. The molecule has 0 bridgehead atoms. The first kappa shape index (κ1) is 13.4. The first-order valence-electron chi connectivity index (χ1n) is 6.35. The van der Waals surface area contributed by atoms with E-state index in [9.17, 15) is 4.79 Å². The van der Waals surface area contributed by atoms with Gasteiger partial charge in [0.1, 0.15) is 5.01 Å². The van der Waals surface area contributed by atoms with E-state index in [-0.39, 0.29) is 5.41 Å². The van der Waals surface area contributed by atoms with Crippen LogP contribution in [0.25, 0.3) is 0 Å². The molecule has 18 heavy (non-hydrogen) atoms. The number of likely N-dealkylation sites (tertiary alicyclic amines) is 1. The van der Waals surface area contributed by atoms with E-state index in [1.165, 1.54) is 37.3 Å². The first-order chi connectivity index (χ1) is 8.49. The number of hydrogen-bond acceptors (Lipinski definition) is 5. The van der Waals surface area contributed by atoms with Crippen molar-refractivity contribution < 1.29 is 4.79 Å². The zero-order chi connectivity index (χ0) is 13.2. The smallest absolute Gasteiger partial charge is 0.279 e. The summed E-state index contributed by atoms with van der Waals surface area (Å²) in [5, 5.41) is 9.15. The Morgan fingerprint density at radius 2 is 2.06 bits per heavy atom. The number of amides is 1. The number of carbonyl (C=O) groups excluding carboxylic acids is 1. The van der Waals surface area contributed by atoms with Crippen LogP contribution in [0.5, 0.6) is 0 Å². The van der Waals surface area contributed by atoms with Crippen molar-refractivity contribution in [2.45, 2.75) is 38.5 Å². The Bertz CT molecular complexity index is 423. The summed E-state index contributed by atoms with van der Waals surface area (Å²) in [5.41, 5.74) is 5.16. The standard InChI is InChI=1S/C12H20N4OS/c1-12(2,5-8-16-6-3-4-7-16)11-15-14-10(18-11)9(13)17/h3-8H2,1-2H3,(H2,13,17). The van der Waals surface area contributed by atoms with E-state index in [0.29, 0.717) is 5.01 Å².